The second kappa shape index (κ2) is 52.2. The Bertz CT molecular complexity index is 4680. The summed E-state index contributed by atoms with van der Waals surface area (Å²) < 4.78 is 0. The van der Waals surface area contributed by atoms with Crippen LogP contribution in [0.1, 0.15) is 182 Å². The highest BCUT2D eigenvalue weighted by molar-refractivity contribution is 8.00. The first-order valence-corrected chi connectivity index (χ1v) is 42.3. The lowest BCUT2D eigenvalue weighted by molar-refractivity contribution is -0.117. The Morgan fingerprint density at radius 3 is 0.937 bits per heavy atom. The number of carbonyl (C=O) groups is 5. The van der Waals surface area contributed by atoms with E-state index in [1.54, 1.807) is 0 Å². The van der Waals surface area contributed by atoms with Gasteiger partial charge in [-0.05, 0) is 81.2 Å². The average molecular weight is 1600 g/mol. The zero-order chi connectivity index (χ0) is 79.4. The Hall–Kier alpha value is -9.15. The number of ketones is 5. The normalized spacial score (nSPS) is 10.6. The predicted octanol–water partition coefficient (Wildman–Crippen LogP) is 15.4. The van der Waals surface area contributed by atoms with Crippen molar-refractivity contribution in [2.75, 3.05) is 28.8 Å². The largest absolute Gasteiger partial charge is 0.342 e. The monoisotopic (exact) mass is 1600 g/mol. The highest BCUT2D eigenvalue weighted by atomic mass is 32.2. The Morgan fingerprint density at radius 2 is 0.613 bits per heavy atom. The molecule has 0 bridgehead atoms. The van der Waals surface area contributed by atoms with Crippen molar-refractivity contribution in [3.8, 4) is 0 Å². The lowest BCUT2D eigenvalue weighted by atomic mass is 10.1. The van der Waals surface area contributed by atoms with E-state index in [0.29, 0.717) is 80.3 Å². The molecule has 0 fully saturated rings. The molecule has 10 rings (SSSR count). The molecule has 0 aliphatic heterocycles. The van der Waals surface area contributed by atoms with Gasteiger partial charge >= 0.3 is 0 Å². The van der Waals surface area contributed by atoms with Crippen molar-refractivity contribution in [1.29, 1.82) is 0 Å². The molecule has 0 radical (unpaired) electrons. The number of hydrogen-bond donors (Lipinski definition) is 6. The first-order chi connectivity index (χ1) is 53.1. The molecule has 0 spiro atoms. The van der Waals surface area contributed by atoms with Gasteiger partial charge < -0.3 is 29.9 Å². The molecule has 27 heteroatoms. The second-order valence-corrected chi connectivity index (χ2v) is 30.9. The van der Waals surface area contributed by atoms with Gasteiger partial charge in [-0.2, -0.15) is 0 Å². The van der Waals surface area contributed by atoms with Gasteiger partial charge in [-0.3, -0.25) is 47.9 Å². The number of carbonyl (C=O) groups excluding carboxylic acids is 5. The quantitative estimate of drug-likeness (QED) is 0.0118. The van der Waals surface area contributed by atoms with Gasteiger partial charge in [-0.25, -0.2) is 29.9 Å². The van der Waals surface area contributed by atoms with E-state index < -0.39 is 0 Å². The van der Waals surface area contributed by atoms with Crippen LogP contribution in [-0.4, -0.2) is 117 Å². The van der Waals surface area contributed by atoms with Crippen molar-refractivity contribution in [2.45, 2.75) is 217 Å². The van der Waals surface area contributed by atoms with Gasteiger partial charge in [0.2, 0.25) is 0 Å². The highest BCUT2D eigenvalue weighted by Gasteiger charge is 2.15. The van der Waals surface area contributed by atoms with E-state index in [4.69, 9.17) is 0 Å². The fraction of sp³-hybridized carbons (Fsp3) is 0.405. The predicted molar refractivity (Wildman–Crippen MR) is 453 cm³/mol. The van der Waals surface area contributed by atoms with E-state index >= 15 is 0 Å². The van der Waals surface area contributed by atoms with Gasteiger partial charge in [0.15, 0.2) is 31.6 Å². The van der Waals surface area contributed by atoms with Crippen LogP contribution in [0.4, 0.5) is 0 Å². The number of H-pyrrole nitrogens is 6. The Balaban J connectivity index is 0.000000248. The second-order valence-electron chi connectivity index (χ2n) is 26.1. The molecule has 10 aromatic rings. The number of imidazole rings is 1. The molecule has 0 amide bonds. The van der Waals surface area contributed by atoms with Gasteiger partial charge in [0.1, 0.15) is 29.0 Å². The fourth-order valence-electron chi connectivity index (χ4n) is 10.6. The third-order valence-electron chi connectivity index (χ3n) is 15.9. The molecule has 22 nitrogen and oxygen atoms in total. The summed E-state index contributed by atoms with van der Waals surface area (Å²) in [7, 11) is 0. The molecular formula is C84H106N12O10S5. The number of aromatic nitrogens is 12. The van der Waals surface area contributed by atoms with E-state index in [1.165, 1.54) is 120 Å². The molecule has 0 aliphatic carbocycles. The number of aryl methyl sites for hydroxylation is 7. The Kier molecular flexibility index (Phi) is 43.4. The first-order valence-electron chi connectivity index (χ1n) is 37.4. The lowest BCUT2D eigenvalue weighted by Gasteiger charge is -2.04. The van der Waals surface area contributed by atoms with Gasteiger partial charge in [0.05, 0.1) is 46.2 Å². The number of hydrogen-bond acceptors (Lipinski definition) is 21. The molecule has 6 aromatic heterocycles. The Labute approximate surface area is 671 Å². The van der Waals surface area contributed by atoms with Crippen LogP contribution >= 0.6 is 58.8 Å². The third-order valence-corrected chi connectivity index (χ3v) is 20.6. The van der Waals surface area contributed by atoms with Crippen molar-refractivity contribution >= 4 is 98.8 Å². The minimum atomic E-state index is -0.180. The number of nitrogens with one attached hydrogen (secondary N) is 6. The number of benzene rings is 4. The minimum Gasteiger partial charge on any atom is -0.342 e. The highest BCUT2D eigenvalue weighted by Crippen LogP contribution is 2.20. The number of thioether (sulfide) groups is 5. The fourth-order valence-corrected chi connectivity index (χ4v) is 14.4. The molecular weight excluding hydrogens is 1500 g/mol. The van der Waals surface area contributed by atoms with Crippen molar-refractivity contribution in [3.63, 3.8) is 0 Å². The van der Waals surface area contributed by atoms with E-state index in [0.717, 1.165) is 133 Å². The first kappa shape index (κ1) is 92.5. The molecule has 592 valence electrons. The van der Waals surface area contributed by atoms with Crippen LogP contribution in [0.2, 0.25) is 0 Å². The maximum atomic E-state index is 12.2. The van der Waals surface area contributed by atoms with Gasteiger partial charge in [0.25, 0.3) is 27.8 Å². The number of nitrogens with zero attached hydrogens (tertiary/aromatic N) is 6. The van der Waals surface area contributed by atoms with Crippen molar-refractivity contribution in [1.82, 2.24) is 59.8 Å². The molecule has 0 saturated heterocycles. The summed E-state index contributed by atoms with van der Waals surface area (Å²) in [6, 6.07) is 40.8. The zero-order valence-electron chi connectivity index (χ0n) is 64.2. The molecule has 0 atom stereocenters. The van der Waals surface area contributed by atoms with Crippen LogP contribution in [0.25, 0.3) is 11.0 Å². The summed E-state index contributed by atoms with van der Waals surface area (Å²) in [4.78, 5) is 160. The van der Waals surface area contributed by atoms with E-state index in [9.17, 15) is 47.9 Å². The lowest BCUT2D eigenvalue weighted by Crippen LogP contribution is -2.12. The van der Waals surface area contributed by atoms with Gasteiger partial charge in [0, 0.05) is 84.5 Å². The SMILES string of the molecule is C.CCCCCCCC(=O)CSc1nc(CCC)cc(=O)[nH]1.CCCc1cc(=O)[nH]c(SCC(=O)Cc2ccc(C)cc2)n1.CCCc1cc(=O)[nH]c(SCC(=O)Cc2ccc(C)cc2)n1.CCCc1cc(=O)[nH]c(SCC(=O)Cc2ccccc2)n1.CCCc1cc(=O)[nH]c(SCC(=O)Cc2nc3ccccc3[nH]2)n1. The van der Waals surface area contributed by atoms with Crippen LogP contribution in [0, 0.1) is 13.8 Å². The molecule has 0 saturated carbocycles. The van der Waals surface area contributed by atoms with Crippen LogP contribution in [0.3, 0.4) is 0 Å². The van der Waals surface area contributed by atoms with Crippen molar-refractivity contribution in [3.05, 3.63) is 247 Å². The number of para-hydroxylation sites is 2. The maximum Gasteiger partial charge on any atom is 0.251 e. The minimum absolute atomic E-state index is 0. The van der Waals surface area contributed by atoms with Crippen LogP contribution in [0.5, 0.6) is 0 Å². The summed E-state index contributed by atoms with van der Waals surface area (Å²) in [6.45, 7) is 16.4. The molecule has 6 N–H and O–H groups in total. The third kappa shape index (κ3) is 38.1. The van der Waals surface area contributed by atoms with E-state index in [2.05, 4.69) is 73.7 Å². The number of fused-ring (bicyclic) bond motifs is 1. The van der Waals surface area contributed by atoms with E-state index in [1.807, 2.05) is 145 Å². The molecule has 4 aromatic carbocycles. The summed E-state index contributed by atoms with van der Waals surface area (Å²) in [5.74, 6) is 2.86. The average Bonchev–Trinajstić information content (AvgIpc) is 1.72. The summed E-state index contributed by atoms with van der Waals surface area (Å²) in [6.07, 6.45) is 16.4. The van der Waals surface area contributed by atoms with Crippen molar-refractivity contribution < 1.29 is 24.0 Å². The summed E-state index contributed by atoms with van der Waals surface area (Å²) >= 11 is 6.45. The smallest absolute Gasteiger partial charge is 0.251 e. The number of aromatic amines is 6. The number of unbranched alkanes of at least 4 members (excludes halogenated alkanes) is 4. The van der Waals surface area contributed by atoms with Crippen molar-refractivity contribution in [2.24, 2.45) is 0 Å². The molecule has 0 unspecified atom stereocenters. The molecule has 111 heavy (non-hydrogen) atoms. The maximum absolute atomic E-state index is 12.2. The number of rotatable bonds is 39. The van der Waals surface area contributed by atoms with Gasteiger partial charge in [-0.15, -0.1) is 0 Å². The summed E-state index contributed by atoms with van der Waals surface area (Å²) in [5.41, 5.74) is 10.3. The summed E-state index contributed by atoms with van der Waals surface area (Å²) in [5, 5.41) is 2.61. The molecule has 0 aliphatic rings. The number of Topliss-reactive ketones (excluding diaryl/α,β-unsaturated/α-hetero) is 5. The Morgan fingerprint density at radius 1 is 0.315 bits per heavy atom. The zero-order valence-corrected chi connectivity index (χ0v) is 68.3. The van der Waals surface area contributed by atoms with Crippen LogP contribution < -0.4 is 27.8 Å². The van der Waals surface area contributed by atoms with E-state index in [-0.39, 0.29) is 76.3 Å². The van der Waals surface area contributed by atoms with Crippen LogP contribution in [-0.2, 0) is 81.8 Å². The topological polar surface area (TPSA) is 343 Å². The molecule has 6 heterocycles. The van der Waals surface area contributed by atoms with Crippen LogP contribution in [0.15, 0.2) is 183 Å². The standard InChI is InChI=1S/C17H18N4O2S.2C17H20N2O2S.C16H18N2O2S.C16H26N2O2S.CH4/c1-2-5-11-8-16(23)21-17(18-11)24-10-12(22)9-15-19-13-6-3-4-7-14(13)20-15;2*1-3-4-14-10-16(21)19-17(18-14)22-11-15(20)9-13-7-5-12(2)6-8-13;1-2-6-13-10-15(20)18-16(17-13)21-11-14(19)9-12-7-4-3-5-8-12;1-3-5-6-7-8-10-14(19)12-21-16-17-13(9-4-2)11-15(20)18-16;/h3-4,6-8H,2,5,9-10H2,1H3,(H,19,20)(H,18,21,23);2*5-8,10H,3-4,9,11H2,1-2H3,(H,18,19,21);3-5,7-8,10H,2,6,9,11H2,1H3,(H,17,18,20);11H,3-10,12H2,1-2H3,(H,17,18,20);1H4. The van der Waals surface area contributed by atoms with Gasteiger partial charge in [-0.1, -0.05) is 268 Å².